The van der Waals surface area contributed by atoms with Crippen LogP contribution in [0.5, 0.6) is 5.75 Å². The van der Waals surface area contributed by atoms with E-state index in [1.807, 2.05) is 0 Å². The van der Waals surface area contributed by atoms with E-state index >= 15 is 0 Å². The quantitative estimate of drug-likeness (QED) is 0.374. The fraction of sp³-hybridized carbons (Fsp3) is 0.0909. The summed E-state index contributed by atoms with van der Waals surface area (Å²) < 4.78 is 27.7. The minimum atomic E-state index is -4.15. The number of phenolic OH excluding ortho intramolecular Hbond substituents is 1. The minimum Gasteiger partial charge on any atom is -0.508 e. The number of aromatic hydroxyl groups is 1. The first kappa shape index (κ1) is 23.3. The first-order chi connectivity index (χ1) is 15.2. The number of phenols is 1. The summed E-state index contributed by atoms with van der Waals surface area (Å²) in [6.07, 6.45) is 0. The molecule has 0 heterocycles. The van der Waals surface area contributed by atoms with Gasteiger partial charge in [-0.25, -0.2) is 13.1 Å². The predicted octanol–water partition coefficient (Wildman–Crippen LogP) is 2.89. The third kappa shape index (κ3) is 6.30. The van der Waals surface area contributed by atoms with Gasteiger partial charge >= 0.3 is 0 Å². The van der Waals surface area contributed by atoms with Gasteiger partial charge in [0.15, 0.2) is 0 Å². The molecule has 10 heteroatoms. The van der Waals surface area contributed by atoms with Gasteiger partial charge in [0.25, 0.3) is 5.91 Å². The Hall–Kier alpha value is -3.40. The van der Waals surface area contributed by atoms with E-state index in [4.69, 9.17) is 11.6 Å². The van der Waals surface area contributed by atoms with E-state index in [1.165, 1.54) is 42.5 Å². The summed E-state index contributed by atoms with van der Waals surface area (Å²) in [5.74, 6) is -1.16. The van der Waals surface area contributed by atoms with Gasteiger partial charge in [-0.1, -0.05) is 35.9 Å². The number of amides is 2. The summed E-state index contributed by atoms with van der Waals surface area (Å²) in [7, 11) is -4.15. The molecule has 8 nitrogen and oxygen atoms in total. The van der Waals surface area contributed by atoms with Gasteiger partial charge in [-0.3, -0.25) is 9.59 Å². The topological polar surface area (TPSA) is 125 Å². The fourth-order valence-corrected chi connectivity index (χ4v) is 4.20. The highest BCUT2D eigenvalue weighted by Crippen LogP contribution is 2.17. The Balaban J connectivity index is 1.66. The van der Waals surface area contributed by atoms with Gasteiger partial charge in [-0.05, 0) is 54.1 Å². The lowest BCUT2D eigenvalue weighted by Gasteiger charge is -2.12. The first-order valence-corrected chi connectivity index (χ1v) is 11.3. The van der Waals surface area contributed by atoms with Crippen LogP contribution in [-0.2, 0) is 21.4 Å². The van der Waals surface area contributed by atoms with Crippen molar-refractivity contribution in [2.24, 2.45) is 0 Å². The minimum absolute atomic E-state index is 0.0361. The van der Waals surface area contributed by atoms with E-state index in [2.05, 4.69) is 15.4 Å². The molecule has 0 bridgehead atoms. The lowest BCUT2D eigenvalue weighted by Crippen LogP contribution is -2.34. The van der Waals surface area contributed by atoms with E-state index in [0.717, 1.165) is 5.56 Å². The molecule has 0 spiro atoms. The molecule has 0 atom stereocenters. The number of benzene rings is 3. The van der Waals surface area contributed by atoms with Crippen LogP contribution in [0.4, 0.5) is 5.69 Å². The maximum absolute atomic E-state index is 12.8. The summed E-state index contributed by atoms with van der Waals surface area (Å²) >= 11 is 5.94. The second-order valence-corrected chi connectivity index (χ2v) is 8.90. The molecule has 0 aliphatic carbocycles. The second kappa shape index (κ2) is 10.3. The Morgan fingerprint density at radius 3 is 2.38 bits per heavy atom. The van der Waals surface area contributed by atoms with Crippen LogP contribution in [0.3, 0.4) is 0 Å². The second-order valence-electron chi connectivity index (χ2n) is 6.73. The van der Waals surface area contributed by atoms with Crippen LogP contribution in [0.1, 0.15) is 15.9 Å². The number of sulfonamides is 1. The van der Waals surface area contributed by atoms with Crippen LogP contribution in [0.15, 0.2) is 77.7 Å². The molecule has 0 aliphatic heterocycles. The van der Waals surface area contributed by atoms with E-state index in [-0.39, 0.29) is 22.8 Å². The Kier molecular flexibility index (Phi) is 7.47. The smallest absolute Gasteiger partial charge is 0.252 e. The Bertz CT molecular complexity index is 1230. The number of carbonyl (C=O) groups excluding carboxylic acids is 2. The van der Waals surface area contributed by atoms with Gasteiger partial charge in [-0.2, -0.15) is 0 Å². The van der Waals surface area contributed by atoms with Crippen LogP contribution in [0.25, 0.3) is 0 Å². The molecule has 0 saturated carbocycles. The zero-order valence-corrected chi connectivity index (χ0v) is 18.3. The summed E-state index contributed by atoms with van der Waals surface area (Å²) in [6.45, 7) is -0.377. The molecule has 0 aromatic heterocycles. The molecular formula is C22H20ClN3O5S. The Morgan fingerprint density at radius 1 is 0.938 bits per heavy atom. The molecule has 0 fully saturated rings. The van der Waals surface area contributed by atoms with E-state index in [0.29, 0.717) is 10.7 Å². The molecular weight excluding hydrogens is 454 g/mol. The van der Waals surface area contributed by atoms with E-state index in [9.17, 15) is 23.1 Å². The number of anilines is 1. The summed E-state index contributed by atoms with van der Waals surface area (Å²) in [5.41, 5.74) is 1.10. The van der Waals surface area contributed by atoms with Crippen LogP contribution in [0.2, 0.25) is 5.02 Å². The number of carbonyl (C=O) groups is 2. The third-order valence-corrected chi connectivity index (χ3v) is 6.03. The molecule has 0 unspecified atom stereocenters. The molecule has 0 aliphatic rings. The lowest BCUT2D eigenvalue weighted by molar-refractivity contribution is -0.115. The lowest BCUT2D eigenvalue weighted by atomic mass is 10.2. The molecule has 3 aromatic carbocycles. The van der Waals surface area contributed by atoms with Gasteiger partial charge in [-0.15, -0.1) is 0 Å². The normalized spacial score (nSPS) is 11.0. The van der Waals surface area contributed by atoms with Crippen molar-refractivity contribution in [1.29, 1.82) is 0 Å². The number of halogens is 1. The van der Waals surface area contributed by atoms with Gasteiger partial charge in [0.1, 0.15) is 5.75 Å². The molecule has 3 aromatic rings. The van der Waals surface area contributed by atoms with E-state index in [1.54, 1.807) is 30.3 Å². The van der Waals surface area contributed by atoms with Gasteiger partial charge in [0.2, 0.25) is 15.9 Å². The maximum atomic E-state index is 12.8. The third-order valence-electron chi connectivity index (χ3n) is 4.34. The van der Waals surface area contributed by atoms with Crippen molar-refractivity contribution in [2.75, 3.05) is 11.9 Å². The number of hydrogen-bond donors (Lipinski definition) is 4. The van der Waals surface area contributed by atoms with Gasteiger partial charge in [0.05, 0.1) is 17.0 Å². The Labute approximate surface area is 190 Å². The highest BCUT2D eigenvalue weighted by molar-refractivity contribution is 7.89. The zero-order valence-electron chi connectivity index (χ0n) is 16.7. The highest BCUT2D eigenvalue weighted by atomic mass is 35.5. The highest BCUT2D eigenvalue weighted by Gasteiger charge is 2.22. The van der Waals surface area contributed by atoms with Crippen molar-refractivity contribution >= 4 is 39.1 Å². The van der Waals surface area contributed by atoms with Crippen molar-refractivity contribution in [3.8, 4) is 5.75 Å². The fourth-order valence-electron chi connectivity index (χ4n) is 2.80. The molecule has 0 radical (unpaired) electrons. The molecule has 32 heavy (non-hydrogen) atoms. The van der Waals surface area contributed by atoms with E-state index < -0.39 is 28.4 Å². The van der Waals surface area contributed by atoms with Crippen molar-refractivity contribution < 1.29 is 23.1 Å². The maximum Gasteiger partial charge on any atom is 0.252 e. The molecule has 166 valence electrons. The standard InChI is InChI=1S/C22H20ClN3O5S/c23-16-5-3-4-15(12-16)13-24-22(29)19-6-1-2-7-20(19)32(30,31)25-14-21(28)26-17-8-10-18(27)11-9-17/h1-12,25,27H,13-14H2,(H,24,29)(H,26,28). The average Bonchev–Trinajstić information content (AvgIpc) is 2.78. The van der Waals surface area contributed by atoms with Crippen molar-refractivity contribution in [2.45, 2.75) is 11.4 Å². The largest absolute Gasteiger partial charge is 0.508 e. The first-order valence-electron chi connectivity index (χ1n) is 9.45. The summed E-state index contributed by atoms with van der Waals surface area (Å²) in [4.78, 5) is 24.5. The van der Waals surface area contributed by atoms with Crippen molar-refractivity contribution in [3.05, 3.63) is 88.9 Å². The number of rotatable bonds is 8. The van der Waals surface area contributed by atoms with Gasteiger partial charge < -0.3 is 15.7 Å². The Morgan fingerprint density at radius 2 is 1.66 bits per heavy atom. The predicted molar refractivity (Wildman–Crippen MR) is 121 cm³/mol. The SMILES string of the molecule is O=C(CNS(=O)(=O)c1ccccc1C(=O)NCc1cccc(Cl)c1)Nc1ccc(O)cc1. The number of hydrogen-bond acceptors (Lipinski definition) is 5. The van der Waals surface area contributed by atoms with Crippen LogP contribution in [0, 0.1) is 0 Å². The van der Waals surface area contributed by atoms with Crippen molar-refractivity contribution in [1.82, 2.24) is 10.0 Å². The summed E-state index contributed by atoms with van der Waals surface area (Å²) in [5, 5.41) is 15.0. The molecule has 2 amide bonds. The molecule has 3 rings (SSSR count). The monoisotopic (exact) mass is 473 g/mol. The molecule has 4 N–H and O–H groups in total. The average molecular weight is 474 g/mol. The zero-order chi connectivity index (χ0) is 23.1. The van der Waals surface area contributed by atoms with Gasteiger partial charge in [0, 0.05) is 17.3 Å². The van der Waals surface area contributed by atoms with Crippen molar-refractivity contribution in [3.63, 3.8) is 0 Å². The molecule has 0 saturated heterocycles. The van der Waals surface area contributed by atoms with Crippen LogP contribution >= 0.6 is 11.6 Å². The summed E-state index contributed by atoms with van der Waals surface area (Å²) in [6, 6.07) is 18.4. The van der Waals surface area contributed by atoms with Crippen LogP contribution in [-0.4, -0.2) is 31.9 Å². The number of nitrogens with one attached hydrogen (secondary N) is 3. The van der Waals surface area contributed by atoms with Crippen LogP contribution < -0.4 is 15.4 Å².